The van der Waals surface area contributed by atoms with E-state index in [1.165, 1.54) is 44.4 Å². The molecule has 1 fully saturated rings. The number of aryl methyl sites for hydroxylation is 1. The van der Waals surface area contributed by atoms with Crippen LogP contribution in [0.2, 0.25) is 0 Å². The van der Waals surface area contributed by atoms with Crippen molar-refractivity contribution in [1.82, 2.24) is 30.4 Å². The highest BCUT2D eigenvalue weighted by molar-refractivity contribution is 8.01. The van der Waals surface area contributed by atoms with Crippen LogP contribution in [0.3, 0.4) is 0 Å². The summed E-state index contributed by atoms with van der Waals surface area (Å²) in [5.74, 6) is -1.77. The van der Waals surface area contributed by atoms with Gasteiger partial charge in [0.25, 0.3) is 5.91 Å². The maximum absolute atomic E-state index is 12.7. The lowest BCUT2D eigenvalue weighted by Gasteiger charge is -2.51. The van der Waals surface area contributed by atoms with E-state index in [4.69, 9.17) is 0 Å². The Bertz CT molecular complexity index is 1020. The van der Waals surface area contributed by atoms with Gasteiger partial charge in [0.2, 0.25) is 11.1 Å². The second kappa shape index (κ2) is 8.40. The third kappa shape index (κ3) is 3.72. The molecule has 30 heavy (non-hydrogen) atoms. The van der Waals surface area contributed by atoms with Gasteiger partial charge in [-0.2, -0.15) is 0 Å². The SMILES string of the molecule is CC(C(=O)NC1C(=O)N2C(C(=O)[O-])=C(CSc3nnnn3C)CSC12)c1cccs1. The van der Waals surface area contributed by atoms with Crippen LogP contribution >= 0.6 is 34.9 Å². The van der Waals surface area contributed by atoms with E-state index in [0.717, 1.165) is 4.88 Å². The first kappa shape index (κ1) is 20.9. The number of rotatable bonds is 7. The maximum Gasteiger partial charge on any atom is 0.253 e. The van der Waals surface area contributed by atoms with Crippen LogP contribution in [-0.2, 0) is 21.4 Å². The summed E-state index contributed by atoms with van der Waals surface area (Å²) < 4.78 is 1.48. The number of aliphatic carboxylic acids is 1. The molecule has 2 amide bonds. The molecule has 158 valence electrons. The molecular formula is C17H17N6O4S3-. The fourth-order valence-corrected chi connectivity index (χ4v) is 6.34. The van der Waals surface area contributed by atoms with Crippen molar-refractivity contribution in [2.45, 2.75) is 29.4 Å². The molecule has 0 spiro atoms. The second-order valence-electron chi connectivity index (χ2n) is 6.75. The Morgan fingerprint density at radius 3 is 2.90 bits per heavy atom. The molecule has 2 aliphatic rings. The van der Waals surface area contributed by atoms with Gasteiger partial charge in [-0.1, -0.05) is 17.8 Å². The van der Waals surface area contributed by atoms with Crippen molar-refractivity contribution in [3.05, 3.63) is 33.7 Å². The van der Waals surface area contributed by atoms with Crippen molar-refractivity contribution < 1.29 is 19.5 Å². The van der Waals surface area contributed by atoms with Crippen LogP contribution in [0.1, 0.15) is 17.7 Å². The predicted molar refractivity (Wildman–Crippen MR) is 109 cm³/mol. The number of thiophene rings is 1. The molecule has 13 heteroatoms. The van der Waals surface area contributed by atoms with Crippen LogP contribution in [0.4, 0.5) is 0 Å². The zero-order chi connectivity index (χ0) is 21.4. The van der Waals surface area contributed by atoms with Gasteiger partial charge in [-0.05, 0) is 34.4 Å². The smallest absolute Gasteiger partial charge is 0.253 e. The molecular weight excluding hydrogens is 448 g/mol. The summed E-state index contributed by atoms with van der Waals surface area (Å²) in [7, 11) is 1.69. The maximum atomic E-state index is 12.7. The number of nitrogens with one attached hydrogen (secondary N) is 1. The zero-order valence-electron chi connectivity index (χ0n) is 16.0. The quantitative estimate of drug-likeness (QED) is 0.427. The number of fused-ring (bicyclic) bond motifs is 1. The van der Waals surface area contributed by atoms with Gasteiger partial charge in [-0.15, -0.1) is 28.2 Å². The number of carbonyl (C=O) groups excluding carboxylic acids is 3. The predicted octanol–water partition coefficient (Wildman–Crippen LogP) is -0.429. The van der Waals surface area contributed by atoms with Crippen LogP contribution in [0.15, 0.2) is 33.9 Å². The number of carbonyl (C=O) groups is 3. The van der Waals surface area contributed by atoms with Crippen molar-refractivity contribution in [3.63, 3.8) is 0 Å². The minimum absolute atomic E-state index is 0.122. The Morgan fingerprint density at radius 2 is 2.27 bits per heavy atom. The van der Waals surface area contributed by atoms with Crippen molar-refractivity contribution in [2.24, 2.45) is 7.05 Å². The summed E-state index contributed by atoms with van der Waals surface area (Å²) in [6, 6.07) is 2.98. The van der Waals surface area contributed by atoms with Gasteiger partial charge < -0.3 is 15.2 Å². The molecule has 1 saturated heterocycles. The van der Waals surface area contributed by atoms with Gasteiger partial charge in [0.15, 0.2) is 0 Å². The molecule has 1 N–H and O–H groups in total. The van der Waals surface area contributed by atoms with E-state index < -0.39 is 23.3 Å². The summed E-state index contributed by atoms with van der Waals surface area (Å²) in [6.07, 6.45) is 0. The van der Waals surface area contributed by atoms with E-state index in [9.17, 15) is 19.5 Å². The molecule has 2 aromatic heterocycles. The first-order chi connectivity index (χ1) is 14.4. The highest BCUT2D eigenvalue weighted by Gasteiger charge is 2.53. The molecule has 2 aliphatic heterocycles. The fraction of sp³-hybridized carbons (Fsp3) is 0.412. The number of hydrogen-bond donors (Lipinski definition) is 1. The summed E-state index contributed by atoms with van der Waals surface area (Å²) in [5.41, 5.74) is 0.442. The van der Waals surface area contributed by atoms with Crippen LogP contribution in [0.5, 0.6) is 0 Å². The summed E-state index contributed by atoms with van der Waals surface area (Å²) in [4.78, 5) is 39.2. The number of thioether (sulfide) groups is 2. The van der Waals surface area contributed by atoms with Crippen LogP contribution in [0, 0.1) is 0 Å². The number of nitrogens with zero attached hydrogens (tertiary/aromatic N) is 5. The molecule has 0 aromatic carbocycles. The Balaban J connectivity index is 1.46. The lowest BCUT2D eigenvalue weighted by molar-refractivity contribution is -0.301. The average molecular weight is 466 g/mol. The number of tetrazole rings is 1. The van der Waals surface area contributed by atoms with Gasteiger partial charge in [0.1, 0.15) is 11.4 Å². The topological polar surface area (TPSA) is 133 Å². The summed E-state index contributed by atoms with van der Waals surface area (Å²) >= 11 is 4.17. The van der Waals surface area contributed by atoms with Crippen LogP contribution < -0.4 is 10.4 Å². The van der Waals surface area contributed by atoms with E-state index >= 15 is 0 Å². The third-order valence-electron chi connectivity index (χ3n) is 4.86. The minimum Gasteiger partial charge on any atom is -0.543 e. The lowest BCUT2D eigenvalue weighted by Crippen LogP contribution is -2.71. The molecule has 0 radical (unpaired) electrons. The van der Waals surface area contributed by atoms with Crippen LogP contribution in [0.25, 0.3) is 0 Å². The molecule has 0 saturated carbocycles. The normalized spacial score (nSPS) is 21.8. The fourth-order valence-electron chi connectivity index (χ4n) is 3.22. The number of amides is 2. The monoisotopic (exact) mass is 465 g/mol. The zero-order valence-corrected chi connectivity index (χ0v) is 18.4. The minimum atomic E-state index is -1.41. The van der Waals surface area contributed by atoms with E-state index in [1.54, 1.807) is 14.0 Å². The number of carboxylic acid groups (broad SMARTS) is 1. The number of β-lactam (4-membered cyclic amide) rings is 1. The first-order valence-corrected chi connectivity index (χ1v) is 11.9. The number of hydrogen-bond acceptors (Lipinski definition) is 10. The molecule has 4 heterocycles. The van der Waals surface area contributed by atoms with E-state index in [2.05, 4.69) is 20.8 Å². The van der Waals surface area contributed by atoms with Crippen molar-refractivity contribution in [2.75, 3.05) is 11.5 Å². The molecule has 10 nitrogen and oxygen atoms in total. The number of aromatic nitrogens is 4. The standard InChI is InChI=1S/C17H18N6O4S3/c1-8(10-4-3-5-28-10)13(24)18-11-14(25)23-12(16(26)27)9(6-29-15(11)23)7-30-17-19-20-21-22(17)2/h3-5,8,11,15H,6-7H2,1-2H3,(H,18,24)(H,26,27)/p-1. The second-order valence-corrected chi connectivity index (χ2v) is 9.77. The molecule has 3 unspecified atom stereocenters. The molecule has 3 atom stereocenters. The van der Waals surface area contributed by atoms with E-state index in [0.29, 0.717) is 22.2 Å². The molecule has 4 rings (SSSR count). The van der Waals surface area contributed by atoms with Crippen molar-refractivity contribution in [3.8, 4) is 0 Å². The number of carboxylic acids is 1. The Morgan fingerprint density at radius 1 is 1.47 bits per heavy atom. The summed E-state index contributed by atoms with van der Waals surface area (Å²) in [5, 5.41) is 27.7. The van der Waals surface area contributed by atoms with Gasteiger partial charge in [0.05, 0.1) is 17.6 Å². The average Bonchev–Trinajstić information content (AvgIpc) is 3.40. The molecule has 0 aliphatic carbocycles. The van der Waals surface area contributed by atoms with E-state index in [-0.39, 0.29) is 17.5 Å². The van der Waals surface area contributed by atoms with Gasteiger partial charge in [-0.25, -0.2) is 4.68 Å². The molecule has 0 bridgehead atoms. The van der Waals surface area contributed by atoms with Gasteiger partial charge >= 0.3 is 0 Å². The van der Waals surface area contributed by atoms with Crippen molar-refractivity contribution >= 4 is 52.6 Å². The summed E-state index contributed by atoms with van der Waals surface area (Å²) in [6.45, 7) is 1.78. The largest absolute Gasteiger partial charge is 0.543 e. The lowest BCUT2D eigenvalue weighted by atomic mass is 10.0. The first-order valence-electron chi connectivity index (χ1n) is 8.95. The van der Waals surface area contributed by atoms with Crippen molar-refractivity contribution in [1.29, 1.82) is 0 Å². The van der Waals surface area contributed by atoms with E-state index in [1.807, 2.05) is 17.5 Å². The Hall–Kier alpha value is -2.38. The third-order valence-corrected chi connectivity index (χ3v) is 8.35. The Kier molecular flexibility index (Phi) is 5.84. The molecule has 2 aromatic rings. The highest BCUT2D eigenvalue weighted by Crippen LogP contribution is 2.41. The van der Waals surface area contributed by atoms with Gasteiger partial charge in [0, 0.05) is 23.4 Å². The van der Waals surface area contributed by atoms with Gasteiger partial charge in [-0.3, -0.25) is 14.5 Å². The van der Waals surface area contributed by atoms with Crippen LogP contribution in [-0.4, -0.2) is 65.8 Å². The Labute approximate surface area is 184 Å². The highest BCUT2D eigenvalue weighted by atomic mass is 32.2.